The number of nitrogens with zero attached hydrogens (tertiary/aromatic N) is 1. The Morgan fingerprint density at radius 1 is 1.29 bits per heavy atom. The predicted octanol–water partition coefficient (Wildman–Crippen LogP) is 2.92. The van der Waals surface area contributed by atoms with Crippen molar-refractivity contribution in [3.63, 3.8) is 0 Å². The molecule has 21 heavy (non-hydrogen) atoms. The van der Waals surface area contributed by atoms with Gasteiger partial charge in [-0.05, 0) is 19.3 Å². The summed E-state index contributed by atoms with van der Waals surface area (Å²) in [5, 5.41) is 3.58. The van der Waals surface area contributed by atoms with Gasteiger partial charge in [-0.3, -0.25) is 10.1 Å². The number of unbranched alkanes of at least 4 members (excludes halogenated alkanes) is 1. The Kier molecular flexibility index (Phi) is 5.31. The van der Waals surface area contributed by atoms with Gasteiger partial charge in [0.25, 0.3) is 0 Å². The van der Waals surface area contributed by atoms with Crippen molar-refractivity contribution in [2.75, 3.05) is 7.11 Å². The highest BCUT2D eigenvalue weighted by Gasteiger charge is 2.56. The molecule has 2 fully saturated rings. The number of hydrogen-bond acceptors (Lipinski definition) is 3. The van der Waals surface area contributed by atoms with Gasteiger partial charge in [0.1, 0.15) is 0 Å². The number of carbonyl (C=O) groups excluding carboxylic acids is 1. The standard InChI is InChI=1S/C17H32N2O2/c1-6-8-10-12-16(20)19(15(18-12)9-7-2)13-11-14(21-5)17(13,3)4/h12-15,18H,6-11H2,1-5H3. The molecular formula is C17H32N2O2. The summed E-state index contributed by atoms with van der Waals surface area (Å²) in [6.45, 7) is 8.82. The van der Waals surface area contributed by atoms with Gasteiger partial charge in [-0.25, -0.2) is 0 Å². The van der Waals surface area contributed by atoms with Crippen LogP contribution in [-0.4, -0.2) is 42.3 Å². The van der Waals surface area contributed by atoms with Crippen molar-refractivity contribution in [1.82, 2.24) is 10.2 Å². The van der Waals surface area contributed by atoms with Gasteiger partial charge in [-0.1, -0.05) is 47.0 Å². The molecule has 4 unspecified atom stereocenters. The number of methoxy groups -OCH3 is 1. The lowest BCUT2D eigenvalue weighted by molar-refractivity contribution is -0.162. The van der Waals surface area contributed by atoms with Crippen molar-refractivity contribution in [3.05, 3.63) is 0 Å². The Balaban J connectivity index is 2.10. The molecule has 0 spiro atoms. The molecule has 1 amide bonds. The third kappa shape index (κ3) is 2.98. The van der Waals surface area contributed by atoms with Crippen molar-refractivity contribution < 1.29 is 9.53 Å². The Morgan fingerprint density at radius 3 is 2.52 bits per heavy atom. The summed E-state index contributed by atoms with van der Waals surface area (Å²) in [4.78, 5) is 15.0. The molecule has 0 aromatic rings. The SMILES string of the molecule is CCCCC1NC(CCC)N(C2CC(OC)C2(C)C)C1=O. The zero-order chi connectivity index (χ0) is 15.6. The number of carbonyl (C=O) groups is 1. The van der Waals surface area contributed by atoms with Gasteiger partial charge < -0.3 is 9.64 Å². The zero-order valence-electron chi connectivity index (χ0n) is 14.3. The summed E-state index contributed by atoms with van der Waals surface area (Å²) in [6, 6.07) is 0.338. The highest BCUT2D eigenvalue weighted by atomic mass is 16.5. The monoisotopic (exact) mass is 296 g/mol. The van der Waals surface area contributed by atoms with Crippen LogP contribution in [0.5, 0.6) is 0 Å². The van der Waals surface area contributed by atoms with Crippen molar-refractivity contribution in [2.45, 2.75) is 90.6 Å². The van der Waals surface area contributed by atoms with Gasteiger partial charge in [0.15, 0.2) is 0 Å². The maximum atomic E-state index is 12.8. The first-order valence-corrected chi connectivity index (χ1v) is 8.58. The van der Waals surface area contributed by atoms with Crippen LogP contribution in [0.4, 0.5) is 0 Å². The van der Waals surface area contributed by atoms with Crippen molar-refractivity contribution in [2.24, 2.45) is 5.41 Å². The second-order valence-electron chi connectivity index (χ2n) is 7.21. The van der Waals surface area contributed by atoms with E-state index >= 15 is 0 Å². The van der Waals surface area contributed by atoms with Crippen molar-refractivity contribution in [3.8, 4) is 0 Å². The number of ether oxygens (including phenoxy) is 1. The summed E-state index contributed by atoms with van der Waals surface area (Å²) >= 11 is 0. The van der Waals surface area contributed by atoms with Crippen LogP contribution in [0.2, 0.25) is 0 Å². The second-order valence-corrected chi connectivity index (χ2v) is 7.21. The van der Waals surface area contributed by atoms with Crippen LogP contribution >= 0.6 is 0 Å². The molecule has 4 nitrogen and oxygen atoms in total. The minimum absolute atomic E-state index is 0.0268. The first kappa shape index (κ1) is 16.8. The van der Waals surface area contributed by atoms with Gasteiger partial charge >= 0.3 is 0 Å². The summed E-state index contributed by atoms with van der Waals surface area (Å²) in [5.74, 6) is 0.314. The molecule has 1 saturated carbocycles. The van der Waals surface area contributed by atoms with E-state index < -0.39 is 0 Å². The molecule has 0 aromatic carbocycles. The fraction of sp³-hybridized carbons (Fsp3) is 0.941. The summed E-state index contributed by atoms with van der Waals surface area (Å²) in [6.07, 6.45) is 6.82. The fourth-order valence-corrected chi connectivity index (χ4v) is 3.94. The van der Waals surface area contributed by atoms with Gasteiger partial charge in [0.05, 0.1) is 18.3 Å². The lowest BCUT2D eigenvalue weighted by Crippen LogP contribution is -2.64. The van der Waals surface area contributed by atoms with Crippen LogP contribution < -0.4 is 5.32 Å². The molecule has 1 aliphatic heterocycles. The third-order valence-corrected chi connectivity index (χ3v) is 5.44. The van der Waals surface area contributed by atoms with E-state index in [0.29, 0.717) is 11.9 Å². The predicted molar refractivity (Wildman–Crippen MR) is 85.0 cm³/mol. The summed E-state index contributed by atoms with van der Waals surface area (Å²) in [7, 11) is 1.78. The van der Waals surface area contributed by atoms with E-state index in [9.17, 15) is 4.79 Å². The molecular weight excluding hydrogens is 264 g/mol. The molecule has 0 radical (unpaired) electrons. The second kappa shape index (κ2) is 6.66. The van der Waals surface area contributed by atoms with Crippen LogP contribution in [0, 0.1) is 5.41 Å². The number of hydrogen-bond donors (Lipinski definition) is 1. The third-order valence-electron chi connectivity index (χ3n) is 5.44. The lowest BCUT2D eigenvalue weighted by Gasteiger charge is -2.55. The first-order valence-electron chi connectivity index (χ1n) is 8.58. The maximum absolute atomic E-state index is 12.8. The summed E-state index contributed by atoms with van der Waals surface area (Å²) in [5.41, 5.74) is 0.0533. The van der Waals surface area contributed by atoms with Crippen LogP contribution in [-0.2, 0) is 9.53 Å². The molecule has 1 aliphatic carbocycles. The van der Waals surface area contributed by atoms with E-state index in [1.807, 2.05) is 0 Å². The molecule has 4 heteroatoms. The molecule has 122 valence electrons. The average molecular weight is 296 g/mol. The van der Waals surface area contributed by atoms with E-state index in [2.05, 4.69) is 37.9 Å². The quantitative estimate of drug-likeness (QED) is 0.785. The Morgan fingerprint density at radius 2 is 2.00 bits per heavy atom. The van der Waals surface area contributed by atoms with E-state index in [4.69, 9.17) is 4.74 Å². The van der Waals surface area contributed by atoms with E-state index in [1.54, 1.807) is 7.11 Å². The van der Waals surface area contributed by atoms with Gasteiger partial charge in [-0.2, -0.15) is 0 Å². The molecule has 1 heterocycles. The van der Waals surface area contributed by atoms with Crippen molar-refractivity contribution >= 4 is 5.91 Å². The lowest BCUT2D eigenvalue weighted by atomic mass is 9.63. The fourth-order valence-electron chi connectivity index (χ4n) is 3.94. The minimum atomic E-state index is 0.0268. The Bertz CT molecular complexity index is 370. The molecule has 1 saturated heterocycles. The Hall–Kier alpha value is -0.610. The number of rotatable bonds is 7. The van der Waals surface area contributed by atoms with Gasteiger partial charge in [0, 0.05) is 18.6 Å². The number of amides is 1. The molecule has 1 N–H and O–H groups in total. The van der Waals surface area contributed by atoms with E-state index in [0.717, 1.165) is 38.5 Å². The van der Waals surface area contributed by atoms with Crippen LogP contribution in [0.3, 0.4) is 0 Å². The normalized spacial score (nSPS) is 35.1. The maximum Gasteiger partial charge on any atom is 0.241 e. The smallest absolute Gasteiger partial charge is 0.241 e. The van der Waals surface area contributed by atoms with Crippen LogP contribution in [0.25, 0.3) is 0 Å². The molecule has 4 atom stereocenters. The zero-order valence-corrected chi connectivity index (χ0v) is 14.3. The highest BCUT2D eigenvalue weighted by molar-refractivity contribution is 5.84. The van der Waals surface area contributed by atoms with Gasteiger partial charge in [0.2, 0.25) is 5.91 Å². The Labute approximate surface area is 129 Å². The molecule has 0 aromatic heterocycles. The van der Waals surface area contributed by atoms with Crippen LogP contribution in [0.15, 0.2) is 0 Å². The van der Waals surface area contributed by atoms with E-state index in [1.165, 1.54) is 0 Å². The first-order chi connectivity index (χ1) is 9.97. The number of nitrogens with one attached hydrogen (secondary N) is 1. The van der Waals surface area contributed by atoms with Crippen molar-refractivity contribution in [1.29, 1.82) is 0 Å². The highest BCUT2D eigenvalue weighted by Crippen LogP contribution is 2.47. The van der Waals surface area contributed by atoms with Gasteiger partial charge in [-0.15, -0.1) is 0 Å². The van der Waals surface area contributed by atoms with Crippen LogP contribution in [0.1, 0.15) is 66.2 Å². The molecule has 2 aliphatic rings. The molecule has 0 bridgehead atoms. The van der Waals surface area contributed by atoms with E-state index in [-0.39, 0.29) is 23.7 Å². The topological polar surface area (TPSA) is 41.6 Å². The average Bonchev–Trinajstić information content (AvgIpc) is 2.73. The summed E-state index contributed by atoms with van der Waals surface area (Å²) < 4.78 is 5.56. The minimum Gasteiger partial charge on any atom is -0.381 e. The largest absolute Gasteiger partial charge is 0.381 e. The molecule has 2 rings (SSSR count).